The van der Waals surface area contributed by atoms with Crippen molar-refractivity contribution in [3.05, 3.63) is 59.1 Å². The van der Waals surface area contributed by atoms with Crippen LogP contribution < -0.4 is 4.72 Å². The summed E-state index contributed by atoms with van der Waals surface area (Å²) in [5.74, 6) is 0. The smallest absolute Gasteiger partial charge is 0.261 e. The summed E-state index contributed by atoms with van der Waals surface area (Å²) in [6.07, 6.45) is 0. The third kappa shape index (κ3) is 3.03. The predicted octanol–water partition coefficient (Wildman–Crippen LogP) is 3.25. The minimum Gasteiger partial charge on any atom is -0.280 e. The van der Waals surface area contributed by atoms with Gasteiger partial charge in [-0.25, -0.2) is 8.42 Å². The molecule has 0 amide bonds. The highest BCUT2D eigenvalue weighted by molar-refractivity contribution is 7.92. The van der Waals surface area contributed by atoms with Crippen molar-refractivity contribution in [1.82, 2.24) is 0 Å². The van der Waals surface area contributed by atoms with Gasteiger partial charge in [0, 0.05) is 16.8 Å². The fraction of sp³-hybridized carbons (Fsp3) is 0.0769. The lowest BCUT2D eigenvalue weighted by Gasteiger charge is -2.08. The van der Waals surface area contributed by atoms with Gasteiger partial charge in [-0.1, -0.05) is 29.3 Å². The number of halogens is 1. The molecule has 5 heteroatoms. The van der Waals surface area contributed by atoms with E-state index in [9.17, 15) is 8.42 Å². The molecule has 0 aromatic heterocycles. The van der Waals surface area contributed by atoms with E-state index in [1.807, 2.05) is 6.92 Å². The van der Waals surface area contributed by atoms with Crippen LogP contribution in [0.3, 0.4) is 0 Å². The Labute approximate surface area is 111 Å². The number of rotatable bonds is 3. The van der Waals surface area contributed by atoms with E-state index in [0.717, 1.165) is 5.56 Å². The Bertz CT molecular complexity index is 634. The number of anilines is 1. The summed E-state index contributed by atoms with van der Waals surface area (Å²) in [7, 11) is -3.56. The average Bonchev–Trinajstić information content (AvgIpc) is 2.32. The third-order valence-electron chi connectivity index (χ3n) is 2.36. The molecule has 2 aromatic rings. The standard InChI is InChI=1S/C13H11ClNO2S/c1-10-2-8-13(9-3-10)18(16,17)15-12-6-4-11(14)5-7-12/h2-4,6-9,15H,1H3. The number of nitrogens with one attached hydrogen (secondary N) is 1. The van der Waals surface area contributed by atoms with Gasteiger partial charge >= 0.3 is 0 Å². The third-order valence-corrected chi connectivity index (χ3v) is 3.99. The molecule has 0 aliphatic heterocycles. The fourth-order valence-electron chi connectivity index (χ4n) is 1.40. The van der Waals surface area contributed by atoms with E-state index in [1.165, 1.54) is 6.07 Å². The van der Waals surface area contributed by atoms with Crippen molar-refractivity contribution in [3.8, 4) is 0 Å². The second-order valence-electron chi connectivity index (χ2n) is 3.84. The molecule has 0 saturated carbocycles. The highest BCUT2D eigenvalue weighted by Crippen LogP contribution is 2.18. The number of benzene rings is 2. The second-order valence-corrected chi connectivity index (χ2v) is 5.93. The van der Waals surface area contributed by atoms with Gasteiger partial charge in [0.15, 0.2) is 0 Å². The van der Waals surface area contributed by atoms with Crippen LogP contribution in [0.25, 0.3) is 0 Å². The van der Waals surface area contributed by atoms with Gasteiger partial charge < -0.3 is 0 Å². The maximum absolute atomic E-state index is 12.0. The van der Waals surface area contributed by atoms with Crippen LogP contribution in [0.15, 0.2) is 47.4 Å². The molecule has 1 radical (unpaired) electrons. The van der Waals surface area contributed by atoms with Gasteiger partial charge in [0.1, 0.15) is 0 Å². The zero-order valence-electron chi connectivity index (χ0n) is 9.64. The zero-order valence-corrected chi connectivity index (χ0v) is 11.2. The first-order valence-corrected chi connectivity index (χ1v) is 7.10. The normalized spacial score (nSPS) is 11.2. The molecule has 1 N–H and O–H groups in total. The summed E-state index contributed by atoms with van der Waals surface area (Å²) in [6, 6.07) is 14.0. The largest absolute Gasteiger partial charge is 0.280 e. The van der Waals surface area contributed by atoms with Crippen LogP contribution in [0.1, 0.15) is 5.56 Å². The van der Waals surface area contributed by atoms with Gasteiger partial charge in [-0.15, -0.1) is 0 Å². The Kier molecular flexibility index (Phi) is 3.59. The van der Waals surface area contributed by atoms with Gasteiger partial charge in [0.2, 0.25) is 0 Å². The first kappa shape index (κ1) is 12.9. The van der Waals surface area contributed by atoms with Crippen molar-refractivity contribution in [2.75, 3.05) is 4.72 Å². The molecule has 0 atom stereocenters. The highest BCUT2D eigenvalue weighted by atomic mass is 35.5. The van der Waals surface area contributed by atoms with Gasteiger partial charge in [-0.05, 0) is 37.3 Å². The predicted molar refractivity (Wildman–Crippen MR) is 72.3 cm³/mol. The van der Waals surface area contributed by atoms with Gasteiger partial charge in [-0.2, -0.15) is 0 Å². The van der Waals surface area contributed by atoms with Crippen molar-refractivity contribution in [2.45, 2.75) is 11.8 Å². The lowest BCUT2D eigenvalue weighted by Crippen LogP contribution is -2.12. The van der Waals surface area contributed by atoms with Crippen molar-refractivity contribution in [3.63, 3.8) is 0 Å². The summed E-state index contributed by atoms with van der Waals surface area (Å²) in [5, 5.41) is 0.438. The average molecular weight is 281 g/mol. The van der Waals surface area contributed by atoms with Crippen LogP contribution in [0.4, 0.5) is 5.69 Å². The van der Waals surface area contributed by atoms with Gasteiger partial charge in [-0.3, -0.25) is 4.72 Å². The van der Waals surface area contributed by atoms with E-state index in [1.54, 1.807) is 36.4 Å². The van der Waals surface area contributed by atoms with E-state index >= 15 is 0 Å². The summed E-state index contributed by atoms with van der Waals surface area (Å²) >= 11 is 5.68. The molecule has 93 valence electrons. The molecule has 0 saturated heterocycles. The Morgan fingerprint density at radius 1 is 1.11 bits per heavy atom. The topological polar surface area (TPSA) is 46.2 Å². The van der Waals surface area contributed by atoms with Crippen LogP contribution in [0.5, 0.6) is 0 Å². The van der Waals surface area contributed by atoms with Crippen molar-refractivity contribution >= 4 is 27.3 Å². The molecule has 18 heavy (non-hydrogen) atoms. The second kappa shape index (κ2) is 5.00. The zero-order chi connectivity index (χ0) is 13.2. The lowest BCUT2D eigenvalue weighted by molar-refractivity contribution is 0.601. The van der Waals surface area contributed by atoms with E-state index in [0.29, 0.717) is 10.7 Å². The van der Waals surface area contributed by atoms with Crippen LogP contribution >= 0.6 is 11.6 Å². The summed E-state index contributed by atoms with van der Waals surface area (Å²) in [5.41, 5.74) is 1.44. The molecule has 0 aliphatic rings. The maximum Gasteiger partial charge on any atom is 0.261 e. The first-order valence-electron chi connectivity index (χ1n) is 5.24. The molecule has 2 rings (SSSR count). The van der Waals surface area contributed by atoms with E-state index in [4.69, 9.17) is 11.6 Å². The molecular weight excluding hydrogens is 270 g/mol. The molecule has 0 aliphatic carbocycles. The number of hydrogen-bond acceptors (Lipinski definition) is 2. The minimum atomic E-state index is -3.56. The number of sulfonamides is 1. The van der Waals surface area contributed by atoms with Gasteiger partial charge in [0.05, 0.1) is 4.90 Å². The number of hydrogen-bond donors (Lipinski definition) is 1. The van der Waals surface area contributed by atoms with Crippen LogP contribution in [-0.2, 0) is 10.0 Å². The quantitative estimate of drug-likeness (QED) is 0.938. The first-order chi connectivity index (χ1) is 8.47. The van der Waals surface area contributed by atoms with E-state index in [-0.39, 0.29) is 4.90 Å². The van der Waals surface area contributed by atoms with Crippen LogP contribution in [-0.4, -0.2) is 8.42 Å². The lowest BCUT2D eigenvalue weighted by atomic mass is 10.2. The molecule has 0 fully saturated rings. The summed E-state index contributed by atoms with van der Waals surface area (Å²) in [4.78, 5) is 0.225. The molecule has 0 bridgehead atoms. The van der Waals surface area contributed by atoms with Crippen molar-refractivity contribution in [2.24, 2.45) is 0 Å². The maximum atomic E-state index is 12.0. The fourth-order valence-corrected chi connectivity index (χ4v) is 2.57. The molecule has 0 unspecified atom stereocenters. The Balaban J connectivity index is 2.27. The molecule has 0 heterocycles. The van der Waals surface area contributed by atoms with Crippen molar-refractivity contribution in [1.29, 1.82) is 0 Å². The Hall–Kier alpha value is -1.52. The molecule has 2 aromatic carbocycles. The SMILES string of the molecule is Cc1ccc(S(=O)(=O)Nc2c[c]c(Cl)cc2)cc1. The Morgan fingerprint density at radius 2 is 1.78 bits per heavy atom. The highest BCUT2D eigenvalue weighted by Gasteiger charge is 2.13. The van der Waals surface area contributed by atoms with Gasteiger partial charge in [0.25, 0.3) is 10.0 Å². The van der Waals surface area contributed by atoms with Crippen molar-refractivity contribution < 1.29 is 8.42 Å². The molecule has 3 nitrogen and oxygen atoms in total. The summed E-state index contributed by atoms with van der Waals surface area (Å²) < 4.78 is 26.5. The molecule has 0 spiro atoms. The minimum absolute atomic E-state index is 0.225. The van der Waals surface area contributed by atoms with Crippen LogP contribution in [0.2, 0.25) is 5.02 Å². The van der Waals surface area contributed by atoms with E-state index < -0.39 is 10.0 Å². The Morgan fingerprint density at radius 3 is 2.33 bits per heavy atom. The van der Waals surface area contributed by atoms with Crippen LogP contribution in [0, 0.1) is 13.0 Å². The monoisotopic (exact) mass is 280 g/mol. The number of aryl methyl sites for hydroxylation is 1. The summed E-state index contributed by atoms with van der Waals surface area (Å²) in [6.45, 7) is 1.90. The van der Waals surface area contributed by atoms with E-state index in [2.05, 4.69) is 10.8 Å². The molecular formula is C13H11ClNO2S.